The average molecular weight is 431 g/mol. The average Bonchev–Trinajstić information content (AvgIpc) is 3.14. The van der Waals surface area contributed by atoms with Gasteiger partial charge in [0.2, 0.25) is 0 Å². The first-order chi connectivity index (χ1) is 14.4. The molecular formula is C22H34N4O3Si. The van der Waals surface area contributed by atoms with Crippen molar-refractivity contribution in [2.24, 2.45) is 10.9 Å². The molecule has 1 aliphatic carbocycles. The van der Waals surface area contributed by atoms with Gasteiger partial charge in [0, 0.05) is 45.4 Å². The third kappa shape index (κ3) is 4.45. The summed E-state index contributed by atoms with van der Waals surface area (Å²) in [5, 5.41) is 9.46. The zero-order valence-corrected chi connectivity index (χ0v) is 19.3. The number of aliphatic hydroxyl groups is 1. The molecule has 0 spiro atoms. The van der Waals surface area contributed by atoms with Crippen molar-refractivity contribution < 1.29 is 9.84 Å². The maximum absolute atomic E-state index is 12.5. The van der Waals surface area contributed by atoms with Crippen LogP contribution in [0, 0.1) is 5.92 Å². The Hall–Kier alpha value is -1.77. The monoisotopic (exact) mass is 430 g/mol. The molecule has 0 radical (unpaired) electrons. The number of aliphatic hydroxyl groups excluding tert-OH is 1. The van der Waals surface area contributed by atoms with Gasteiger partial charge in [-0.05, 0) is 37.6 Å². The summed E-state index contributed by atoms with van der Waals surface area (Å²) in [6.45, 7) is 8.62. The van der Waals surface area contributed by atoms with Crippen molar-refractivity contribution in [1.29, 1.82) is 0 Å². The lowest BCUT2D eigenvalue weighted by Crippen LogP contribution is -2.38. The van der Waals surface area contributed by atoms with Crippen LogP contribution < -0.4 is 5.56 Å². The summed E-state index contributed by atoms with van der Waals surface area (Å²) in [6, 6.07) is 1.46. The molecule has 0 aromatic carbocycles. The molecule has 1 aromatic rings. The topological polar surface area (TPSA) is 80.0 Å². The molecule has 1 aromatic heterocycles. The van der Waals surface area contributed by atoms with Crippen LogP contribution in [0.1, 0.15) is 48.9 Å². The van der Waals surface area contributed by atoms with Gasteiger partial charge in [-0.15, -0.1) is 0 Å². The second-order valence-electron chi connectivity index (χ2n) is 10.0. The summed E-state index contributed by atoms with van der Waals surface area (Å²) < 4.78 is 8.17. The molecule has 0 saturated heterocycles. The Labute approximate surface area is 179 Å². The summed E-state index contributed by atoms with van der Waals surface area (Å²) in [6.07, 6.45) is 11.6. The molecule has 0 bridgehead atoms. The van der Waals surface area contributed by atoms with Gasteiger partial charge < -0.3 is 19.3 Å². The van der Waals surface area contributed by atoms with E-state index in [0.29, 0.717) is 24.3 Å². The highest BCUT2D eigenvalue weighted by atomic mass is 28.3. The molecule has 2 atom stereocenters. The van der Waals surface area contributed by atoms with Crippen molar-refractivity contribution >= 4 is 14.3 Å². The van der Waals surface area contributed by atoms with Crippen LogP contribution in [-0.4, -0.2) is 60.0 Å². The highest BCUT2D eigenvalue weighted by molar-refractivity contribution is 6.76. The number of ether oxygens (including phenoxy) is 1. The number of aliphatic imine (C=N–C) groups is 1. The predicted molar refractivity (Wildman–Crippen MR) is 121 cm³/mol. The summed E-state index contributed by atoms with van der Waals surface area (Å²) in [7, 11) is -1.11. The van der Waals surface area contributed by atoms with Crippen molar-refractivity contribution in [2.45, 2.75) is 69.5 Å². The fourth-order valence-corrected chi connectivity index (χ4v) is 5.45. The Morgan fingerprint density at radius 1 is 1.23 bits per heavy atom. The van der Waals surface area contributed by atoms with E-state index in [0.717, 1.165) is 44.0 Å². The quantitative estimate of drug-likeness (QED) is 0.531. The van der Waals surface area contributed by atoms with E-state index in [2.05, 4.69) is 46.4 Å². The van der Waals surface area contributed by atoms with Gasteiger partial charge in [0.05, 0.1) is 17.8 Å². The third-order valence-electron chi connectivity index (χ3n) is 6.61. The van der Waals surface area contributed by atoms with Crippen LogP contribution in [0.5, 0.6) is 0 Å². The van der Waals surface area contributed by atoms with Gasteiger partial charge in [0.15, 0.2) is 0 Å². The first kappa shape index (κ1) is 21.5. The van der Waals surface area contributed by atoms with Gasteiger partial charge >= 0.3 is 0 Å². The van der Waals surface area contributed by atoms with Gasteiger partial charge in [-0.25, -0.2) is 0 Å². The van der Waals surface area contributed by atoms with Crippen LogP contribution in [0.3, 0.4) is 0 Å². The maximum atomic E-state index is 12.5. The van der Waals surface area contributed by atoms with Gasteiger partial charge in [0.1, 0.15) is 12.9 Å². The number of rotatable bonds is 7. The molecule has 2 unspecified atom stereocenters. The van der Waals surface area contributed by atoms with Crippen LogP contribution in [0.25, 0.3) is 0 Å². The van der Waals surface area contributed by atoms with Gasteiger partial charge in [-0.1, -0.05) is 25.7 Å². The fraction of sp³-hybridized carbons (Fsp3) is 0.682. The lowest BCUT2D eigenvalue weighted by molar-refractivity contribution is 0.0447. The molecule has 3 aliphatic rings. The number of nitrogens with zero attached hydrogens (tertiary/aromatic N) is 4. The van der Waals surface area contributed by atoms with Crippen LogP contribution in [0.2, 0.25) is 25.7 Å². The van der Waals surface area contributed by atoms with E-state index in [9.17, 15) is 9.90 Å². The molecule has 2 aliphatic heterocycles. The number of aromatic nitrogens is 2. The molecule has 3 heterocycles. The van der Waals surface area contributed by atoms with Crippen molar-refractivity contribution in [3.05, 3.63) is 40.2 Å². The van der Waals surface area contributed by atoms with E-state index in [-0.39, 0.29) is 24.2 Å². The molecule has 30 heavy (non-hydrogen) atoms. The Kier molecular flexibility index (Phi) is 6.27. The molecule has 4 rings (SSSR count). The zero-order valence-electron chi connectivity index (χ0n) is 18.3. The van der Waals surface area contributed by atoms with Crippen molar-refractivity contribution in [3.8, 4) is 0 Å². The van der Waals surface area contributed by atoms with Gasteiger partial charge in [-0.3, -0.25) is 9.79 Å². The van der Waals surface area contributed by atoms with Crippen LogP contribution in [-0.2, 0) is 4.74 Å². The molecule has 1 saturated carbocycles. The first-order valence-electron chi connectivity index (χ1n) is 11.1. The third-order valence-corrected chi connectivity index (χ3v) is 8.31. The minimum atomic E-state index is -1.11. The number of hydrogen-bond donors (Lipinski definition) is 1. The van der Waals surface area contributed by atoms with Crippen LogP contribution in [0.15, 0.2) is 28.4 Å². The largest absolute Gasteiger partial charge is 0.396 e. The lowest BCUT2D eigenvalue weighted by Gasteiger charge is -2.35. The summed E-state index contributed by atoms with van der Waals surface area (Å²) in [4.78, 5) is 23.4. The van der Waals surface area contributed by atoms with Crippen LogP contribution >= 0.6 is 0 Å². The number of hydrogen-bond acceptors (Lipinski definition) is 6. The second kappa shape index (κ2) is 8.76. The molecule has 1 fully saturated rings. The highest BCUT2D eigenvalue weighted by Gasteiger charge is 2.38. The normalized spacial score (nSPS) is 27.9. The van der Waals surface area contributed by atoms with Gasteiger partial charge in [-0.2, -0.15) is 4.98 Å². The molecule has 164 valence electrons. The summed E-state index contributed by atoms with van der Waals surface area (Å²) in [5.41, 5.74) is 1.45. The minimum Gasteiger partial charge on any atom is -0.396 e. The second-order valence-corrected chi connectivity index (χ2v) is 15.7. The molecule has 7 nitrogen and oxygen atoms in total. The molecule has 1 N–H and O–H groups in total. The Morgan fingerprint density at radius 2 is 2.00 bits per heavy atom. The van der Waals surface area contributed by atoms with E-state index < -0.39 is 8.07 Å². The minimum absolute atomic E-state index is 0.0388. The summed E-state index contributed by atoms with van der Waals surface area (Å²) in [5.74, 6) is 0.436. The van der Waals surface area contributed by atoms with E-state index in [4.69, 9.17) is 9.73 Å². The van der Waals surface area contributed by atoms with Crippen molar-refractivity contribution in [3.63, 3.8) is 0 Å². The Balaban J connectivity index is 1.51. The molecule has 8 heteroatoms. The zero-order chi connectivity index (χ0) is 21.3. The summed E-state index contributed by atoms with van der Waals surface area (Å²) >= 11 is 0. The standard InChI is InChI=1S/C22H34N4O3Si/c1-30(2,3)11-10-29-15-25-9-8-18-20-19(12-23-21(18)25)22(28)24-14-26(20)17-6-4-16(13-27)5-7-17/h8-9,12,14,16-18,21,27H,4-7,10-11,13,15H2,1-3H3/t16-,17-,18?,21?. The smallest absolute Gasteiger partial charge is 0.281 e. The lowest BCUT2D eigenvalue weighted by atomic mass is 9.85. The Morgan fingerprint density at radius 3 is 2.70 bits per heavy atom. The van der Waals surface area contributed by atoms with Crippen molar-refractivity contribution in [1.82, 2.24) is 14.5 Å². The van der Waals surface area contributed by atoms with E-state index >= 15 is 0 Å². The SMILES string of the molecule is C[Si](C)(C)CCOCN1C=CC2c3c(c(=O)ncn3[C@H]3CC[C@H](CO)CC3)C=NC21. The number of fused-ring (bicyclic) bond motifs is 3. The van der Waals surface area contributed by atoms with E-state index in [1.807, 2.05) is 0 Å². The van der Waals surface area contributed by atoms with E-state index in [1.54, 1.807) is 12.5 Å². The van der Waals surface area contributed by atoms with Crippen molar-refractivity contribution in [2.75, 3.05) is 19.9 Å². The predicted octanol–water partition coefficient (Wildman–Crippen LogP) is 2.95. The molecular weight excluding hydrogens is 396 g/mol. The van der Waals surface area contributed by atoms with E-state index in [1.165, 1.54) is 0 Å². The first-order valence-corrected chi connectivity index (χ1v) is 14.8. The molecule has 0 amide bonds. The fourth-order valence-electron chi connectivity index (χ4n) is 4.69. The maximum Gasteiger partial charge on any atom is 0.281 e. The highest BCUT2D eigenvalue weighted by Crippen LogP contribution is 2.39. The van der Waals surface area contributed by atoms with Gasteiger partial charge in [0.25, 0.3) is 5.56 Å². The van der Waals surface area contributed by atoms with Crippen LogP contribution in [0.4, 0.5) is 0 Å². The Bertz CT molecular complexity index is 868.